The van der Waals surface area contributed by atoms with Gasteiger partial charge in [-0.1, -0.05) is 119 Å². The smallest absolute Gasteiger partial charge is 0.162 e. The Bertz CT molecular complexity index is 1540. The predicted molar refractivity (Wildman–Crippen MR) is 396 cm³/mol. The molecule has 0 rings (SSSR count). The van der Waals surface area contributed by atoms with Crippen LogP contribution in [-0.2, 0) is 66.3 Å². The first-order valence-corrected chi connectivity index (χ1v) is 32.7. The first kappa shape index (κ1) is 126. The van der Waals surface area contributed by atoms with Crippen LogP contribution in [0.3, 0.4) is 0 Å². The van der Waals surface area contributed by atoms with Gasteiger partial charge in [0.1, 0.15) is 0 Å². The van der Waals surface area contributed by atoms with Crippen LogP contribution < -0.4 is 0 Å². The molecule has 14 N–H and O–H groups in total. The number of rotatable bonds is 55. The van der Waals surface area contributed by atoms with E-state index in [1.54, 1.807) is 41.5 Å². The molecule has 0 amide bonds. The quantitative estimate of drug-likeness (QED) is 0.0199. The highest BCUT2D eigenvalue weighted by Gasteiger charge is 2.38. The summed E-state index contributed by atoms with van der Waals surface area (Å²) in [5.41, 5.74) is -2.44. The van der Waals surface area contributed by atoms with E-state index < -0.39 is 102 Å². The fourth-order valence-corrected chi connectivity index (χ4v) is 7.64. The van der Waals surface area contributed by atoms with Crippen LogP contribution in [0.1, 0.15) is 274 Å². The summed E-state index contributed by atoms with van der Waals surface area (Å²) < 4.78 is 74.4. The molecule has 28 nitrogen and oxygen atoms in total. The molecule has 100 heavy (non-hydrogen) atoms. The van der Waals surface area contributed by atoms with Crippen molar-refractivity contribution in [3.05, 3.63) is 0 Å². The SMILES string of the molecule is C.C.C.C.C.C.C.C.CC(O)OCC(COC(C)O)(COC(C)O)COC(C)(C)O.CC(O)OCCC(CCOC(C)O)CCOC(C)(C)O.CCCCCCC(C)(O)OCC(C)(COC(C)O)COC(C)O.CCCCCCC(C)(O)OCC(COC(C)O)(COC(C)O)COC(C)O. The Morgan fingerprint density at radius 3 is 0.730 bits per heavy atom. The minimum absolute atomic E-state index is 0. The molecule has 0 aliphatic heterocycles. The lowest BCUT2D eigenvalue weighted by Gasteiger charge is -2.36. The van der Waals surface area contributed by atoms with Gasteiger partial charge in [0.05, 0.1) is 90.1 Å². The lowest BCUT2D eigenvalue weighted by Crippen LogP contribution is -2.46. The third-order valence-electron chi connectivity index (χ3n) is 13.0. The second kappa shape index (κ2) is 69.6. The van der Waals surface area contributed by atoms with Gasteiger partial charge in [-0.25, -0.2) is 0 Å². The first-order chi connectivity index (χ1) is 42.3. The maximum Gasteiger partial charge on any atom is 0.162 e. The summed E-state index contributed by atoms with van der Waals surface area (Å²) >= 11 is 0. The highest BCUT2D eigenvalue weighted by atomic mass is 16.7. The molecule has 28 heteroatoms. The van der Waals surface area contributed by atoms with Gasteiger partial charge < -0.3 is 138 Å². The van der Waals surface area contributed by atoms with E-state index in [0.29, 0.717) is 32.7 Å². The maximum atomic E-state index is 10.5. The molecule has 0 aromatic rings. The average molecular weight is 1480 g/mol. The zero-order chi connectivity index (χ0) is 71.8. The number of ether oxygens (including phenoxy) is 14. The van der Waals surface area contributed by atoms with E-state index in [9.17, 15) is 61.3 Å². The molecule has 0 aromatic heterocycles. The molecular formula is C72H168O28. The Hall–Kier alpha value is -1.12. The number of aliphatic hydroxyl groups excluding tert-OH is 10. The minimum Gasteiger partial charge on any atom is -0.368 e. The van der Waals surface area contributed by atoms with E-state index in [4.69, 9.17) is 76.5 Å². The van der Waals surface area contributed by atoms with E-state index in [1.807, 2.05) is 6.92 Å². The molecule has 624 valence electrons. The molecule has 0 aliphatic rings. The monoisotopic (exact) mass is 1480 g/mol. The van der Waals surface area contributed by atoms with E-state index >= 15 is 0 Å². The summed E-state index contributed by atoms with van der Waals surface area (Å²) in [4.78, 5) is 0. The van der Waals surface area contributed by atoms with Crippen molar-refractivity contribution in [2.75, 3.05) is 92.5 Å². The van der Waals surface area contributed by atoms with Crippen LogP contribution in [-0.4, -0.2) is 250 Å². The van der Waals surface area contributed by atoms with Crippen molar-refractivity contribution in [2.45, 2.75) is 360 Å². The molecule has 0 saturated heterocycles. The molecule has 12 atom stereocenters. The maximum absolute atomic E-state index is 10.5. The van der Waals surface area contributed by atoms with Gasteiger partial charge in [0.2, 0.25) is 0 Å². The van der Waals surface area contributed by atoms with Crippen molar-refractivity contribution in [1.82, 2.24) is 0 Å². The van der Waals surface area contributed by atoms with Gasteiger partial charge in [0.15, 0.2) is 86.0 Å². The molecule has 0 aliphatic carbocycles. The fourth-order valence-electron chi connectivity index (χ4n) is 7.64. The van der Waals surface area contributed by atoms with Crippen LogP contribution in [0.4, 0.5) is 0 Å². The van der Waals surface area contributed by atoms with Gasteiger partial charge in [-0.05, 0) is 149 Å². The van der Waals surface area contributed by atoms with Crippen LogP contribution in [0.15, 0.2) is 0 Å². The summed E-state index contributed by atoms with van der Waals surface area (Å²) in [6, 6.07) is 0. The third kappa shape index (κ3) is 87.5. The zero-order valence-corrected chi connectivity index (χ0v) is 59.9. The Morgan fingerprint density at radius 2 is 0.490 bits per heavy atom. The molecule has 0 fully saturated rings. The molecule has 0 aromatic carbocycles. The van der Waals surface area contributed by atoms with Crippen molar-refractivity contribution < 1.29 is 138 Å². The second-order valence-electron chi connectivity index (χ2n) is 25.8. The van der Waals surface area contributed by atoms with Crippen LogP contribution in [0.25, 0.3) is 0 Å². The molecule has 0 saturated carbocycles. The summed E-state index contributed by atoms with van der Waals surface area (Å²) in [5.74, 6) is -4.76. The largest absolute Gasteiger partial charge is 0.368 e. The summed E-state index contributed by atoms with van der Waals surface area (Å²) in [6.07, 6.45) is 2.28. The van der Waals surface area contributed by atoms with Crippen molar-refractivity contribution in [1.29, 1.82) is 0 Å². The second-order valence-corrected chi connectivity index (χ2v) is 25.8. The summed E-state index contributed by atoms with van der Waals surface area (Å²) in [5, 5.41) is 133. The van der Waals surface area contributed by atoms with E-state index in [0.717, 1.165) is 70.6 Å². The predicted octanol–water partition coefficient (Wildman–Crippen LogP) is 10.2. The van der Waals surface area contributed by atoms with Gasteiger partial charge in [0.25, 0.3) is 0 Å². The van der Waals surface area contributed by atoms with Crippen molar-refractivity contribution in [3.63, 3.8) is 0 Å². The Balaban J connectivity index is -0.000000101. The van der Waals surface area contributed by atoms with Gasteiger partial charge in [-0.2, -0.15) is 0 Å². The van der Waals surface area contributed by atoms with E-state index in [1.165, 1.54) is 69.2 Å². The highest BCUT2D eigenvalue weighted by Crippen LogP contribution is 2.29. The van der Waals surface area contributed by atoms with Crippen molar-refractivity contribution in [2.24, 2.45) is 22.2 Å². The highest BCUT2D eigenvalue weighted by molar-refractivity contribution is 4.82. The van der Waals surface area contributed by atoms with Crippen molar-refractivity contribution in [3.8, 4) is 0 Å². The van der Waals surface area contributed by atoms with Crippen LogP contribution in [0.5, 0.6) is 0 Å². The van der Waals surface area contributed by atoms with Gasteiger partial charge >= 0.3 is 0 Å². The minimum atomic E-state index is -1.38. The van der Waals surface area contributed by atoms with Crippen LogP contribution in [0.2, 0.25) is 0 Å². The Labute approximate surface area is 610 Å². The van der Waals surface area contributed by atoms with E-state index in [-0.39, 0.29) is 138 Å². The fraction of sp³-hybridized carbons (Fsp3) is 1.00. The van der Waals surface area contributed by atoms with Crippen LogP contribution >= 0.6 is 0 Å². The Kier molecular flexibility index (Phi) is 87.4. The summed E-state index contributed by atoms with van der Waals surface area (Å²) in [6.45, 7) is 32.4. The number of unbranched alkanes of at least 4 members (excludes halogenated alkanes) is 6. The Morgan fingerprint density at radius 1 is 0.260 bits per heavy atom. The van der Waals surface area contributed by atoms with Gasteiger partial charge in [-0.3, -0.25) is 0 Å². The normalized spacial score (nSPS) is 17.6. The zero-order valence-electron chi connectivity index (χ0n) is 59.9. The third-order valence-corrected chi connectivity index (χ3v) is 13.0. The average Bonchev–Trinajstić information content (AvgIpc) is 0.863. The number of hydrogen-bond acceptors (Lipinski definition) is 28. The molecule has 0 heterocycles. The summed E-state index contributed by atoms with van der Waals surface area (Å²) in [7, 11) is 0. The standard InChI is InChI=1S/C19H40O8.C17H36O6.C14H30O8.C14H30O6.8CH4/c1-6-7-8-9-10-18(5,23)27-14-19(11-24-15(2)20,12-25-16(3)21)13-26-17(4)22;1-6-7-8-9-10-17(5,20)23-13-16(4,11-21-14(2)18)12-22-15(3)19;1-10(15)19-6-14(7-20-11(2)16,8-21-12(3)17)9-22-13(4,5)18;1-11(15)18-8-5-13(6-9-19-12(2)16)7-10-20-14(3,4)17;;;;;;;;/h15-17,20-23H,6-14H2,1-5H3;14-15,18-20H,6-13H2,1-5H3;10-12,15-18H,6-9H2,1-5H3;11-13,15-17H,5-10H2,1-4H3;8*1H4. The number of aliphatic hydroxyl groups is 14. The lowest BCUT2D eigenvalue weighted by molar-refractivity contribution is -0.248. The first-order valence-electron chi connectivity index (χ1n) is 32.7. The topological polar surface area (TPSA) is 412 Å². The molecule has 0 spiro atoms. The number of hydrogen-bond donors (Lipinski definition) is 14. The molecule has 12 unspecified atom stereocenters. The van der Waals surface area contributed by atoms with Crippen LogP contribution in [0, 0.1) is 22.2 Å². The molecular weight excluding hydrogens is 1310 g/mol. The molecule has 0 bridgehead atoms. The van der Waals surface area contributed by atoms with Gasteiger partial charge in [-0.15, -0.1) is 0 Å². The lowest BCUT2D eigenvalue weighted by atomic mass is 9.91. The van der Waals surface area contributed by atoms with Gasteiger partial charge in [0, 0.05) is 31.5 Å². The van der Waals surface area contributed by atoms with E-state index in [2.05, 4.69) is 13.8 Å². The van der Waals surface area contributed by atoms with Crippen molar-refractivity contribution >= 4 is 0 Å². The molecule has 0 radical (unpaired) electrons.